The largest absolute Gasteiger partial charge is 0.497 e. The Morgan fingerprint density at radius 2 is 1.96 bits per heavy atom. The second kappa shape index (κ2) is 7.54. The highest BCUT2D eigenvalue weighted by molar-refractivity contribution is 5.96. The maximum atomic E-state index is 12.7. The van der Waals surface area contributed by atoms with E-state index in [1.807, 2.05) is 64.4 Å². The molecule has 1 N–H and O–H groups in total. The highest BCUT2D eigenvalue weighted by atomic mass is 16.5. The van der Waals surface area contributed by atoms with Crippen LogP contribution in [-0.4, -0.2) is 43.6 Å². The number of anilines is 1. The van der Waals surface area contributed by atoms with Crippen molar-refractivity contribution in [2.24, 2.45) is 5.41 Å². The minimum Gasteiger partial charge on any atom is -0.497 e. The second-order valence-corrected chi connectivity index (χ2v) is 7.67. The van der Waals surface area contributed by atoms with Crippen LogP contribution in [0.4, 0.5) is 10.5 Å². The summed E-state index contributed by atoms with van der Waals surface area (Å²) in [5.74, 6) is 0.847. The van der Waals surface area contributed by atoms with Gasteiger partial charge in [0.25, 0.3) is 0 Å². The van der Waals surface area contributed by atoms with Crippen molar-refractivity contribution in [2.45, 2.75) is 19.4 Å². The monoisotopic (exact) mass is 379 g/mol. The molecule has 2 fully saturated rings. The van der Waals surface area contributed by atoms with Crippen molar-refractivity contribution in [3.8, 4) is 5.75 Å². The molecule has 4 rings (SSSR count). The van der Waals surface area contributed by atoms with Crippen molar-refractivity contribution >= 4 is 17.6 Å². The average molecular weight is 379 g/mol. The normalized spacial score (nSPS) is 21.4. The van der Waals surface area contributed by atoms with E-state index in [2.05, 4.69) is 5.32 Å². The highest BCUT2D eigenvalue weighted by Gasteiger charge is 2.48. The Labute approximate surface area is 165 Å². The van der Waals surface area contributed by atoms with Gasteiger partial charge in [-0.2, -0.15) is 0 Å². The van der Waals surface area contributed by atoms with Crippen molar-refractivity contribution in [3.63, 3.8) is 0 Å². The molecule has 146 valence electrons. The zero-order valence-electron chi connectivity index (χ0n) is 16.1. The molecule has 0 aromatic heterocycles. The Morgan fingerprint density at radius 3 is 2.75 bits per heavy atom. The fourth-order valence-corrected chi connectivity index (χ4v) is 4.18. The highest BCUT2D eigenvalue weighted by Crippen LogP contribution is 2.42. The van der Waals surface area contributed by atoms with Crippen molar-refractivity contribution < 1.29 is 14.3 Å². The van der Waals surface area contributed by atoms with Gasteiger partial charge in [0.15, 0.2) is 0 Å². The van der Waals surface area contributed by atoms with E-state index in [0.29, 0.717) is 32.6 Å². The van der Waals surface area contributed by atoms with Gasteiger partial charge in [0.2, 0.25) is 5.91 Å². The lowest BCUT2D eigenvalue weighted by Crippen LogP contribution is -2.40. The zero-order chi connectivity index (χ0) is 19.6. The van der Waals surface area contributed by atoms with E-state index >= 15 is 0 Å². The lowest BCUT2D eigenvalue weighted by atomic mass is 9.86. The molecule has 0 bridgehead atoms. The van der Waals surface area contributed by atoms with Crippen molar-refractivity contribution in [1.82, 2.24) is 10.2 Å². The van der Waals surface area contributed by atoms with E-state index in [1.165, 1.54) is 0 Å². The fraction of sp³-hybridized carbons (Fsp3) is 0.364. The number of nitrogens with zero attached hydrogens (tertiary/aromatic N) is 2. The summed E-state index contributed by atoms with van der Waals surface area (Å²) in [6.07, 6.45) is 1.32. The first-order valence-electron chi connectivity index (χ1n) is 9.60. The van der Waals surface area contributed by atoms with Gasteiger partial charge in [-0.15, -0.1) is 0 Å². The average Bonchev–Trinajstić information content (AvgIpc) is 3.29. The van der Waals surface area contributed by atoms with Crippen molar-refractivity contribution in [1.29, 1.82) is 0 Å². The molecular weight excluding hydrogens is 354 g/mol. The maximum absolute atomic E-state index is 12.7. The minimum absolute atomic E-state index is 0.0620. The molecule has 6 nitrogen and oxygen atoms in total. The topological polar surface area (TPSA) is 61.9 Å². The number of hydrogen-bond donors (Lipinski definition) is 1. The van der Waals surface area contributed by atoms with E-state index in [0.717, 1.165) is 23.4 Å². The molecule has 3 amide bonds. The maximum Gasteiger partial charge on any atom is 0.317 e. The predicted octanol–water partition coefficient (Wildman–Crippen LogP) is 3.03. The van der Waals surface area contributed by atoms with Crippen LogP contribution >= 0.6 is 0 Å². The Balaban J connectivity index is 1.39. The van der Waals surface area contributed by atoms with Crippen LogP contribution < -0.4 is 15.0 Å². The van der Waals surface area contributed by atoms with Crippen molar-refractivity contribution in [3.05, 3.63) is 60.2 Å². The molecule has 2 aromatic rings. The summed E-state index contributed by atoms with van der Waals surface area (Å²) in [5, 5.41) is 2.99. The Hall–Kier alpha value is -3.02. The number of likely N-dealkylation sites (tertiary alicyclic amines) is 1. The molecular formula is C22H25N3O3. The van der Waals surface area contributed by atoms with Gasteiger partial charge < -0.3 is 19.9 Å². The second-order valence-electron chi connectivity index (χ2n) is 7.67. The van der Waals surface area contributed by atoms with Gasteiger partial charge in [-0.3, -0.25) is 4.79 Å². The molecule has 1 spiro atoms. The number of carbonyl (C=O) groups excluding carboxylic acids is 2. The van der Waals surface area contributed by atoms with Gasteiger partial charge in [0.05, 0.1) is 7.11 Å². The van der Waals surface area contributed by atoms with Gasteiger partial charge in [0.1, 0.15) is 5.75 Å². The van der Waals surface area contributed by atoms with Gasteiger partial charge in [0, 0.05) is 49.8 Å². The van der Waals surface area contributed by atoms with Gasteiger partial charge in [-0.25, -0.2) is 4.79 Å². The third-order valence-electron chi connectivity index (χ3n) is 5.70. The number of rotatable bonds is 4. The number of hydrogen-bond acceptors (Lipinski definition) is 3. The molecule has 0 radical (unpaired) electrons. The van der Waals surface area contributed by atoms with E-state index in [-0.39, 0.29) is 17.4 Å². The molecule has 0 aliphatic carbocycles. The lowest BCUT2D eigenvalue weighted by Gasteiger charge is -2.24. The summed E-state index contributed by atoms with van der Waals surface area (Å²) in [6.45, 7) is 2.44. The molecule has 0 saturated carbocycles. The number of urea groups is 1. The standard InChI is InChI=1S/C22H25N3O3/c1-28-19-9-5-8-18(12-19)25-16-22(13-20(25)26)10-11-24(15-22)21(27)23-14-17-6-3-2-4-7-17/h2-9,12H,10-11,13-16H2,1H3,(H,23,27)/t22-/m0/s1. The molecule has 6 heteroatoms. The summed E-state index contributed by atoms with van der Waals surface area (Å²) in [4.78, 5) is 28.9. The van der Waals surface area contributed by atoms with Gasteiger partial charge in [-0.1, -0.05) is 36.4 Å². The van der Waals surface area contributed by atoms with Crippen LogP contribution in [0.25, 0.3) is 0 Å². The van der Waals surface area contributed by atoms with Crippen LogP contribution in [0.2, 0.25) is 0 Å². The summed E-state index contributed by atoms with van der Waals surface area (Å²) >= 11 is 0. The van der Waals surface area contributed by atoms with E-state index < -0.39 is 0 Å². The summed E-state index contributed by atoms with van der Waals surface area (Å²) in [5.41, 5.74) is 1.77. The smallest absolute Gasteiger partial charge is 0.317 e. The van der Waals surface area contributed by atoms with E-state index in [1.54, 1.807) is 7.11 Å². The van der Waals surface area contributed by atoms with Crippen molar-refractivity contribution in [2.75, 3.05) is 31.6 Å². The summed E-state index contributed by atoms with van der Waals surface area (Å²) in [7, 11) is 1.62. The SMILES string of the molecule is COc1cccc(N2C[C@@]3(CCN(C(=O)NCc4ccccc4)C3)CC2=O)c1. The molecule has 2 aliphatic heterocycles. The predicted molar refractivity (Wildman–Crippen MR) is 107 cm³/mol. The molecule has 28 heavy (non-hydrogen) atoms. The first-order chi connectivity index (χ1) is 13.6. The number of amides is 3. The Kier molecular flexibility index (Phi) is 4.94. The van der Waals surface area contributed by atoms with Gasteiger partial charge in [-0.05, 0) is 24.1 Å². The molecule has 2 aromatic carbocycles. The Bertz CT molecular complexity index is 870. The molecule has 0 unspecified atom stereocenters. The number of methoxy groups -OCH3 is 1. The Morgan fingerprint density at radius 1 is 1.14 bits per heavy atom. The lowest BCUT2D eigenvalue weighted by molar-refractivity contribution is -0.117. The molecule has 2 heterocycles. The number of benzene rings is 2. The zero-order valence-corrected chi connectivity index (χ0v) is 16.1. The molecule has 1 atom stereocenters. The molecule has 2 saturated heterocycles. The fourth-order valence-electron chi connectivity index (χ4n) is 4.18. The first kappa shape index (κ1) is 18.3. The van der Waals surface area contributed by atoms with E-state index in [4.69, 9.17) is 4.74 Å². The summed E-state index contributed by atoms with van der Waals surface area (Å²) in [6, 6.07) is 17.4. The number of carbonyl (C=O) groups is 2. The quantitative estimate of drug-likeness (QED) is 0.888. The minimum atomic E-state index is -0.162. The van der Waals surface area contributed by atoms with Crippen LogP contribution in [0.15, 0.2) is 54.6 Å². The van der Waals surface area contributed by atoms with E-state index in [9.17, 15) is 9.59 Å². The van der Waals surface area contributed by atoms with Crippen LogP contribution in [0.3, 0.4) is 0 Å². The third kappa shape index (κ3) is 3.67. The first-order valence-corrected chi connectivity index (χ1v) is 9.60. The number of ether oxygens (including phenoxy) is 1. The van der Waals surface area contributed by atoms with Crippen LogP contribution in [0.1, 0.15) is 18.4 Å². The van der Waals surface area contributed by atoms with Crippen LogP contribution in [-0.2, 0) is 11.3 Å². The van der Waals surface area contributed by atoms with Gasteiger partial charge >= 0.3 is 6.03 Å². The molecule has 2 aliphatic rings. The number of nitrogens with one attached hydrogen (secondary N) is 1. The third-order valence-corrected chi connectivity index (χ3v) is 5.70. The summed E-state index contributed by atoms with van der Waals surface area (Å²) < 4.78 is 5.28. The van der Waals surface area contributed by atoms with Crippen LogP contribution in [0.5, 0.6) is 5.75 Å². The van der Waals surface area contributed by atoms with Crippen LogP contribution in [0, 0.1) is 5.41 Å².